The summed E-state index contributed by atoms with van der Waals surface area (Å²) in [5.74, 6) is -0.375. The van der Waals surface area contributed by atoms with Crippen molar-refractivity contribution in [1.82, 2.24) is 4.90 Å². The first kappa shape index (κ1) is 15.0. The average molecular weight is 289 g/mol. The number of nitrogens with zero attached hydrogens (tertiary/aromatic N) is 1. The van der Waals surface area contributed by atoms with Crippen molar-refractivity contribution in [2.45, 2.75) is 63.9 Å². The van der Waals surface area contributed by atoms with Gasteiger partial charge in [-0.25, -0.2) is 0 Å². The molecule has 3 nitrogen and oxygen atoms in total. The predicted octanol–water partition coefficient (Wildman–Crippen LogP) is 3.58. The second kappa shape index (κ2) is 5.08. The van der Waals surface area contributed by atoms with Crippen LogP contribution in [0.25, 0.3) is 0 Å². The molecule has 2 saturated heterocycles. The molecule has 0 unspecified atom stereocenters. The van der Waals surface area contributed by atoms with Gasteiger partial charge in [0, 0.05) is 30.5 Å². The molecule has 0 N–H and O–H groups in total. The smallest absolute Gasteiger partial charge is 0.171 e. The minimum atomic E-state index is -0.375. The molecule has 3 heteroatoms. The van der Waals surface area contributed by atoms with Crippen LogP contribution in [-0.4, -0.2) is 35.0 Å². The topological polar surface area (TPSA) is 21.7 Å². The van der Waals surface area contributed by atoms with E-state index in [1.54, 1.807) is 0 Å². The minimum Gasteiger partial charge on any atom is -0.347 e. The van der Waals surface area contributed by atoms with Crippen LogP contribution in [0.15, 0.2) is 30.3 Å². The normalized spacial score (nSPS) is 27.0. The predicted molar refractivity (Wildman–Crippen MR) is 84.0 cm³/mol. The molecule has 21 heavy (non-hydrogen) atoms. The number of rotatable bonds is 2. The van der Waals surface area contributed by atoms with Crippen molar-refractivity contribution in [3.8, 4) is 0 Å². The fourth-order valence-corrected chi connectivity index (χ4v) is 4.29. The van der Waals surface area contributed by atoms with Crippen LogP contribution in [-0.2, 0) is 16.0 Å². The molecule has 3 rings (SSSR count). The lowest BCUT2D eigenvalue weighted by atomic mass is 9.75. The first-order valence-corrected chi connectivity index (χ1v) is 7.93. The van der Waals surface area contributed by atoms with Gasteiger partial charge in [-0.1, -0.05) is 30.3 Å². The SMILES string of the molecule is CC1(C)CC2(CC(C)(C)N1Cc1ccccc1)OCCO2. The molecular formula is C18H27NO2. The number of ether oxygens (including phenoxy) is 2. The average Bonchev–Trinajstić information content (AvgIpc) is 2.81. The Labute approximate surface area is 128 Å². The highest BCUT2D eigenvalue weighted by Crippen LogP contribution is 2.47. The van der Waals surface area contributed by atoms with E-state index in [1.165, 1.54) is 5.56 Å². The Morgan fingerprint density at radius 2 is 1.43 bits per heavy atom. The molecule has 1 aromatic carbocycles. The Morgan fingerprint density at radius 1 is 0.905 bits per heavy atom. The number of benzene rings is 1. The van der Waals surface area contributed by atoms with E-state index >= 15 is 0 Å². The zero-order valence-corrected chi connectivity index (χ0v) is 13.7. The molecule has 2 heterocycles. The van der Waals surface area contributed by atoms with Crippen LogP contribution in [0.5, 0.6) is 0 Å². The number of hydrogen-bond acceptors (Lipinski definition) is 3. The van der Waals surface area contributed by atoms with Crippen LogP contribution in [0.2, 0.25) is 0 Å². The van der Waals surface area contributed by atoms with Gasteiger partial charge in [-0.3, -0.25) is 4.90 Å². The molecule has 0 radical (unpaired) electrons. The maximum Gasteiger partial charge on any atom is 0.171 e. The Morgan fingerprint density at radius 3 is 1.95 bits per heavy atom. The first-order chi connectivity index (χ1) is 9.83. The molecule has 0 bridgehead atoms. The van der Waals surface area contributed by atoms with Gasteiger partial charge in [0.15, 0.2) is 5.79 Å². The summed E-state index contributed by atoms with van der Waals surface area (Å²) in [6, 6.07) is 10.7. The largest absolute Gasteiger partial charge is 0.347 e. The van der Waals surface area contributed by atoms with E-state index < -0.39 is 0 Å². The van der Waals surface area contributed by atoms with E-state index in [1.807, 2.05) is 0 Å². The zero-order valence-electron chi connectivity index (χ0n) is 13.7. The van der Waals surface area contributed by atoms with E-state index in [9.17, 15) is 0 Å². The van der Waals surface area contributed by atoms with E-state index in [0.717, 1.165) is 32.6 Å². The summed E-state index contributed by atoms with van der Waals surface area (Å²) in [4.78, 5) is 2.60. The van der Waals surface area contributed by atoms with Crippen LogP contribution < -0.4 is 0 Å². The van der Waals surface area contributed by atoms with Gasteiger partial charge < -0.3 is 9.47 Å². The van der Waals surface area contributed by atoms with E-state index in [2.05, 4.69) is 62.9 Å². The highest BCUT2D eigenvalue weighted by molar-refractivity contribution is 5.17. The highest BCUT2D eigenvalue weighted by atomic mass is 16.7. The fourth-order valence-electron chi connectivity index (χ4n) is 4.29. The molecule has 2 aliphatic heterocycles. The van der Waals surface area contributed by atoms with Crippen molar-refractivity contribution < 1.29 is 9.47 Å². The van der Waals surface area contributed by atoms with Gasteiger partial charge in [-0.15, -0.1) is 0 Å². The lowest BCUT2D eigenvalue weighted by molar-refractivity contribution is -0.241. The van der Waals surface area contributed by atoms with E-state index in [4.69, 9.17) is 9.47 Å². The van der Waals surface area contributed by atoms with Gasteiger partial charge in [0.1, 0.15) is 0 Å². The van der Waals surface area contributed by atoms with Gasteiger partial charge in [-0.05, 0) is 33.3 Å². The van der Waals surface area contributed by atoms with Crippen LogP contribution >= 0.6 is 0 Å². The molecule has 0 aromatic heterocycles. The summed E-state index contributed by atoms with van der Waals surface area (Å²) in [6.07, 6.45) is 1.85. The minimum absolute atomic E-state index is 0.0436. The molecule has 0 aliphatic carbocycles. The van der Waals surface area contributed by atoms with Crippen LogP contribution in [0, 0.1) is 0 Å². The molecule has 1 aromatic rings. The monoisotopic (exact) mass is 289 g/mol. The molecule has 0 saturated carbocycles. The van der Waals surface area contributed by atoms with Crippen LogP contribution in [0.3, 0.4) is 0 Å². The third-order valence-electron chi connectivity index (χ3n) is 4.86. The second-order valence-corrected chi connectivity index (χ2v) is 7.66. The van der Waals surface area contributed by atoms with Crippen molar-refractivity contribution in [3.63, 3.8) is 0 Å². The van der Waals surface area contributed by atoms with Gasteiger partial charge in [0.05, 0.1) is 13.2 Å². The lowest BCUT2D eigenvalue weighted by Gasteiger charge is -2.57. The van der Waals surface area contributed by atoms with Crippen molar-refractivity contribution in [2.24, 2.45) is 0 Å². The molecule has 2 fully saturated rings. The van der Waals surface area contributed by atoms with Crippen molar-refractivity contribution >= 4 is 0 Å². The molecular weight excluding hydrogens is 262 g/mol. The summed E-state index contributed by atoms with van der Waals surface area (Å²) in [7, 11) is 0. The summed E-state index contributed by atoms with van der Waals surface area (Å²) < 4.78 is 12.0. The Kier molecular flexibility index (Phi) is 3.63. The van der Waals surface area contributed by atoms with E-state index in [-0.39, 0.29) is 16.9 Å². The molecule has 116 valence electrons. The fraction of sp³-hybridized carbons (Fsp3) is 0.667. The van der Waals surface area contributed by atoms with Crippen molar-refractivity contribution in [3.05, 3.63) is 35.9 Å². The summed E-state index contributed by atoms with van der Waals surface area (Å²) in [5.41, 5.74) is 1.45. The first-order valence-electron chi connectivity index (χ1n) is 7.93. The third-order valence-corrected chi connectivity index (χ3v) is 4.86. The van der Waals surface area contributed by atoms with Gasteiger partial charge >= 0.3 is 0 Å². The number of likely N-dealkylation sites (tertiary alicyclic amines) is 1. The molecule has 1 spiro atoms. The summed E-state index contributed by atoms with van der Waals surface area (Å²) >= 11 is 0. The van der Waals surface area contributed by atoms with Gasteiger partial charge in [0.25, 0.3) is 0 Å². The van der Waals surface area contributed by atoms with Gasteiger partial charge in [0.2, 0.25) is 0 Å². The number of hydrogen-bond donors (Lipinski definition) is 0. The molecule has 2 aliphatic rings. The second-order valence-electron chi connectivity index (χ2n) is 7.66. The van der Waals surface area contributed by atoms with Crippen LogP contribution in [0.4, 0.5) is 0 Å². The molecule has 0 atom stereocenters. The summed E-state index contributed by atoms with van der Waals surface area (Å²) in [5, 5.41) is 0. The lowest BCUT2D eigenvalue weighted by Crippen LogP contribution is -2.65. The van der Waals surface area contributed by atoms with Crippen molar-refractivity contribution in [2.75, 3.05) is 13.2 Å². The Hall–Kier alpha value is -0.900. The van der Waals surface area contributed by atoms with Crippen LogP contribution in [0.1, 0.15) is 46.1 Å². The van der Waals surface area contributed by atoms with Crippen molar-refractivity contribution in [1.29, 1.82) is 0 Å². The quantitative estimate of drug-likeness (QED) is 0.830. The zero-order chi connectivity index (χ0) is 15.1. The highest BCUT2D eigenvalue weighted by Gasteiger charge is 2.54. The maximum absolute atomic E-state index is 6.00. The standard InChI is InChI=1S/C18H27NO2/c1-16(2)13-18(20-10-11-21-18)14-17(3,4)19(16)12-15-8-6-5-7-9-15/h5-9H,10-14H2,1-4H3. The summed E-state index contributed by atoms with van der Waals surface area (Å²) in [6.45, 7) is 11.7. The Bertz CT molecular complexity index is 469. The van der Waals surface area contributed by atoms with E-state index in [0.29, 0.717) is 0 Å². The number of piperidine rings is 1. The third kappa shape index (κ3) is 2.87. The Balaban J connectivity index is 1.86. The molecule has 0 amide bonds. The van der Waals surface area contributed by atoms with Gasteiger partial charge in [-0.2, -0.15) is 0 Å². The maximum atomic E-state index is 6.00.